The molecule has 9 heavy (non-hydrogen) atoms. The van der Waals surface area contributed by atoms with E-state index in [2.05, 4.69) is 5.32 Å². The Bertz CT molecular complexity index is 169. The van der Waals surface area contributed by atoms with Crippen LogP contribution in [0.4, 0.5) is 0 Å². The molecule has 0 spiro atoms. The highest BCUT2D eigenvalue weighted by Gasteiger charge is 2.16. The maximum atomic E-state index is 10.4. The highest BCUT2D eigenvalue weighted by Crippen LogP contribution is 1.98. The van der Waals surface area contributed by atoms with Gasteiger partial charge in [-0.3, -0.25) is 4.79 Å². The number of ketones is 1. The Morgan fingerprint density at radius 3 is 2.44 bits per heavy atom. The molecule has 50 valence electrons. The number of carbonyl (C=O) groups is 1. The molecule has 1 rings (SSSR count). The molecule has 1 fully saturated rings. The molecule has 0 aromatic rings. The quantitative estimate of drug-likeness (QED) is 0.317. The molecule has 0 unspecified atom stereocenters. The molecule has 3 N–H and O–H groups in total. The number of allylic oxidation sites excluding steroid dienone is 1. The normalized spacial score (nSPS) is 16.0. The zero-order valence-corrected chi connectivity index (χ0v) is 4.73. The number of Topliss-reactive ketones (excluding diaryl/α,β-unsaturated/α-hetero) is 1. The van der Waals surface area contributed by atoms with Crippen molar-refractivity contribution in [3.63, 3.8) is 0 Å². The van der Waals surface area contributed by atoms with Gasteiger partial charge in [-0.15, -0.1) is 0 Å². The predicted molar refractivity (Wildman–Crippen MR) is 30.4 cm³/mol. The summed E-state index contributed by atoms with van der Waals surface area (Å²) in [7, 11) is 0. The fourth-order valence-electron chi connectivity index (χ4n) is 0.618. The third kappa shape index (κ3) is 1.38. The van der Waals surface area contributed by atoms with E-state index in [4.69, 9.17) is 0 Å². The molecule has 4 nitrogen and oxygen atoms in total. The van der Waals surface area contributed by atoms with E-state index in [-0.39, 0.29) is 17.0 Å². The van der Waals surface area contributed by atoms with Crippen molar-refractivity contribution >= 4 is 11.7 Å². The molecule has 0 bridgehead atoms. The van der Waals surface area contributed by atoms with Crippen LogP contribution in [0.3, 0.4) is 0 Å². The van der Waals surface area contributed by atoms with Gasteiger partial charge in [0.1, 0.15) is 0 Å². The van der Waals surface area contributed by atoms with Crippen molar-refractivity contribution in [1.82, 2.24) is 5.32 Å². The zero-order valence-electron chi connectivity index (χ0n) is 4.73. The van der Waals surface area contributed by atoms with Gasteiger partial charge in [-0.25, -0.2) is 4.79 Å². The zero-order chi connectivity index (χ0) is 5.98. The van der Waals surface area contributed by atoms with E-state index in [0.29, 0.717) is 13.0 Å². The Hall–Kier alpha value is -1.12. The topological polar surface area (TPSA) is 77.7 Å². The first-order valence-electron chi connectivity index (χ1n) is 2.37. The van der Waals surface area contributed by atoms with Crippen LogP contribution in [0, 0.1) is 0 Å². The van der Waals surface area contributed by atoms with Crippen LogP contribution in [0.15, 0.2) is 5.70 Å². The average molecular weight is 129 g/mol. The summed E-state index contributed by atoms with van der Waals surface area (Å²) in [5.74, 6) is 1.39. The first-order valence-corrected chi connectivity index (χ1v) is 2.37. The van der Waals surface area contributed by atoms with Gasteiger partial charge >= 0.3 is 0 Å². The molecule has 0 amide bonds. The van der Waals surface area contributed by atoms with E-state index in [1.807, 2.05) is 0 Å². The molecule has 1 saturated heterocycles. The SMILES string of the molecule is O.O=C=C1NCCC1=O. The van der Waals surface area contributed by atoms with E-state index in [1.54, 1.807) is 0 Å². The van der Waals surface area contributed by atoms with Crippen molar-refractivity contribution in [2.45, 2.75) is 6.42 Å². The largest absolute Gasteiger partial charge is 0.412 e. The average Bonchev–Trinajstić information content (AvgIpc) is 2.14. The van der Waals surface area contributed by atoms with Crippen LogP contribution in [-0.2, 0) is 9.59 Å². The number of carbonyl (C=O) groups excluding carboxylic acids is 2. The molecule has 0 aromatic heterocycles. The second kappa shape index (κ2) is 3.02. The molecule has 0 atom stereocenters. The van der Waals surface area contributed by atoms with Gasteiger partial charge in [0.2, 0.25) is 0 Å². The Morgan fingerprint density at radius 1 is 1.56 bits per heavy atom. The minimum atomic E-state index is -0.125. The van der Waals surface area contributed by atoms with Crippen LogP contribution in [-0.4, -0.2) is 23.7 Å². The lowest BCUT2D eigenvalue weighted by molar-refractivity contribution is -0.114. The molecule has 0 saturated carbocycles. The Labute approximate surface area is 51.9 Å². The van der Waals surface area contributed by atoms with Crippen molar-refractivity contribution in [2.75, 3.05) is 6.54 Å². The van der Waals surface area contributed by atoms with Crippen molar-refractivity contribution in [1.29, 1.82) is 0 Å². The maximum Gasteiger partial charge on any atom is 0.191 e. The Morgan fingerprint density at radius 2 is 2.22 bits per heavy atom. The summed E-state index contributed by atoms with van der Waals surface area (Å²) in [6.45, 7) is 0.587. The summed E-state index contributed by atoms with van der Waals surface area (Å²) < 4.78 is 0. The summed E-state index contributed by atoms with van der Waals surface area (Å²) in [4.78, 5) is 20.2. The third-order valence-corrected chi connectivity index (χ3v) is 1.03. The lowest BCUT2D eigenvalue weighted by Gasteiger charge is -1.82. The van der Waals surface area contributed by atoms with E-state index < -0.39 is 0 Å². The fraction of sp³-hybridized carbons (Fsp3) is 0.400. The molecule has 1 heterocycles. The number of rotatable bonds is 0. The van der Waals surface area contributed by atoms with Gasteiger partial charge in [0, 0.05) is 13.0 Å². The smallest absolute Gasteiger partial charge is 0.191 e. The Balaban J connectivity index is 0.000000640. The Kier molecular flexibility index (Phi) is 2.64. The first kappa shape index (κ1) is 7.88. The molecule has 0 radical (unpaired) electrons. The number of hydrogen-bond donors (Lipinski definition) is 1. The van der Waals surface area contributed by atoms with E-state index in [0.717, 1.165) is 0 Å². The van der Waals surface area contributed by atoms with Gasteiger partial charge in [-0.2, -0.15) is 0 Å². The summed E-state index contributed by atoms with van der Waals surface area (Å²) in [5, 5.41) is 2.60. The van der Waals surface area contributed by atoms with Crippen LogP contribution >= 0.6 is 0 Å². The second-order valence-electron chi connectivity index (χ2n) is 1.58. The van der Waals surface area contributed by atoms with Gasteiger partial charge in [0.25, 0.3) is 0 Å². The summed E-state index contributed by atoms with van der Waals surface area (Å²) in [6.07, 6.45) is 0.435. The van der Waals surface area contributed by atoms with Gasteiger partial charge in [0.05, 0.1) is 0 Å². The standard InChI is InChI=1S/C5H5NO2.H2O/c7-3-4-5(8)1-2-6-4;/h6H,1-2H2;1H2. The van der Waals surface area contributed by atoms with Crippen molar-refractivity contribution < 1.29 is 15.1 Å². The summed E-state index contributed by atoms with van der Waals surface area (Å²) in [5.41, 5.74) is 0.102. The van der Waals surface area contributed by atoms with Gasteiger partial charge in [-0.05, 0) is 0 Å². The van der Waals surface area contributed by atoms with Gasteiger partial charge < -0.3 is 10.8 Å². The minimum Gasteiger partial charge on any atom is -0.412 e. The molecular formula is C5H7NO3. The third-order valence-electron chi connectivity index (χ3n) is 1.03. The lowest BCUT2D eigenvalue weighted by Crippen LogP contribution is -2.06. The van der Waals surface area contributed by atoms with Crippen LogP contribution in [0.1, 0.15) is 6.42 Å². The number of hydrogen-bond acceptors (Lipinski definition) is 3. The molecule has 1 aliphatic heterocycles. The minimum absolute atomic E-state index is 0. The number of nitrogens with one attached hydrogen (secondary N) is 1. The molecule has 4 heteroatoms. The van der Waals surface area contributed by atoms with Crippen LogP contribution < -0.4 is 5.32 Å². The van der Waals surface area contributed by atoms with Crippen LogP contribution in [0.2, 0.25) is 0 Å². The van der Waals surface area contributed by atoms with E-state index in [1.165, 1.54) is 5.94 Å². The highest BCUT2D eigenvalue weighted by atomic mass is 16.1. The van der Waals surface area contributed by atoms with Crippen molar-refractivity contribution in [3.05, 3.63) is 5.70 Å². The lowest BCUT2D eigenvalue weighted by atomic mass is 10.3. The van der Waals surface area contributed by atoms with Crippen molar-refractivity contribution in [3.8, 4) is 0 Å². The predicted octanol–water partition coefficient (Wildman–Crippen LogP) is -1.56. The van der Waals surface area contributed by atoms with Crippen LogP contribution in [0.25, 0.3) is 0 Å². The van der Waals surface area contributed by atoms with Crippen LogP contribution in [0.5, 0.6) is 0 Å². The van der Waals surface area contributed by atoms with E-state index in [9.17, 15) is 9.59 Å². The van der Waals surface area contributed by atoms with E-state index >= 15 is 0 Å². The molecule has 0 aliphatic carbocycles. The van der Waals surface area contributed by atoms with Crippen molar-refractivity contribution in [2.24, 2.45) is 0 Å². The second-order valence-corrected chi connectivity index (χ2v) is 1.58. The monoisotopic (exact) mass is 129 g/mol. The maximum absolute atomic E-state index is 10.4. The molecular weight excluding hydrogens is 122 g/mol. The molecule has 0 aromatic carbocycles. The fourth-order valence-corrected chi connectivity index (χ4v) is 0.618. The highest BCUT2D eigenvalue weighted by molar-refractivity contribution is 6.03. The summed E-state index contributed by atoms with van der Waals surface area (Å²) in [6, 6.07) is 0. The van der Waals surface area contributed by atoms with Gasteiger partial charge in [0.15, 0.2) is 17.4 Å². The van der Waals surface area contributed by atoms with Gasteiger partial charge in [-0.1, -0.05) is 0 Å². The first-order chi connectivity index (χ1) is 3.84. The summed E-state index contributed by atoms with van der Waals surface area (Å²) >= 11 is 0. The molecule has 1 aliphatic rings.